The lowest BCUT2D eigenvalue weighted by Gasteiger charge is -2.41. The second-order valence-corrected chi connectivity index (χ2v) is 6.68. The number of carbonyl (C=O) groups is 1. The maximum absolute atomic E-state index is 12.1. The molecule has 3 heteroatoms. The van der Waals surface area contributed by atoms with Crippen LogP contribution in [0.1, 0.15) is 40.0 Å². The molecule has 1 heterocycles. The number of ether oxygens (including phenoxy) is 1. The van der Waals surface area contributed by atoms with E-state index in [4.69, 9.17) is 4.74 Å². The molecular formula is C16H27NO2. The number of rotatable bonds is 2. The number of nitrogens with zero attached hydrogens (tertiary/aromatic N) is 1. The van der Waals surface area contributed by atoms with Gasteiger partial charge in [-0.1, -0.05) is 39.7 Å². The van der Waals surface area contributed by atoms with Crippen LogP contribution >= 0.6 is 0 Å². The fourth-order valence-corrected chi connectivity index (χ4v) is 3.52. The third-order valence-corrected chi connectivity index (χ3v) is 4.76. The van der Waals surface area contributed by atoms with E-state index in [1.54, 1.807) is 6.08 Å². The van der Waals surface area contributed by atoms with Crippen molar-refractivity contribution in [3.8, 4) is 0 Å². The Morgan fingerprint density at radius 2 is 2.00 bits per heavy atom. The molecule has 0 aromatic carbocycles. The van der Waals surface area contributed by atoms with Gasteiger partial charge in [-0.25, -0.2) is 0 Å². The molecule has 0 N–H and O–H groups in total. The zero-order valence-corrected chi connectivity index (χ0v) is 12.5. The van der Waals surface area contributed by atoms with E-state index in [-0.39, 0.29) is 5.91 Å². The Morgan fingerprint density at radius 3 is 2.63 bits per heavy atom. The molecule has 2 atom stereocenters. The molecule has 2 aliphatic rings. The predicted molar refractivity (Wildman–Crippen MR) is 76.8 cm³/mol. The highest BCUT2D eigenvalue weighted by Crippen LogP contribution is 2.44. The summed E-state index contributed by atoms with van der Waals surface area (Å²) in [6.07, 6.45) is 7.83. The summed E-state index contributed by atoms with van der Waals surface area (Å²) < 4.78 is 5.28. The van der Waals surface area contributed by atoms with Gasteiger partial charge in [-0.3, -0.25) is 4.79 Å². The molecule has 3 nitrogen and oxygen atoms in total. The standard InChI is InChI=1S/C16H27NO2/c1-13-5-4-8-16(2,3)14(13)6-7-15(18)17-9-11-19-12-10-17/h6-7,13-14H,4-5,8-12H2,1-3H3/b7-6+/t13-,14+/m1/s1. The van der Waals surface area contributed by atoms with Gasteiger partial charge in [0.1, 0.15) is 0 Å². The van der Waals surface area contributed by atoms with Gasteiger partial charge in [0, 0.05) is 13.1 Å². The van der Waals surface area contributed by atoms with Gasteiger partial charge in [0.25, 0.3) is 0 Å². The molecule has 108 valence electrons. The van der Waals surface area contributed by atoms with Crippen LogP contribution in [-0.4, -0.2) is 37.1 Å². The van der Waals surface area contributed by atoms with E-state index in [1.165, 1.54) is 19.3 Å². The molecule has 1 amide bonds. The Morgan fingerprint density at radius 1 is 1.32 bits per heavy atom. The Bertz CT molecular complexity index is 343. The molecule has 0 bridgehead atoms. The monoisotopic (exact) mass is 265 g/mol. The molecule has 1 aliphatic carbocycles. The second kappa shape index (κ2) is 6.08. The van der Waals surface area contributed by atoms with Gasteiger partial charge in [-0.15, -0.1) is 0 Å². The molecular weight excluding hydrogens is 238 g/mol. The number of allylic oxidation sites excluding steroid dienone is 1. The summed E-state index contributed by atoms with van der Waals surface area (Å²) in [5.74, 6) is 1.35. The van der Waals surface area contributed by atoms with Crippen LogP contribution in [0.5, 0.6) is 0 Å². The van der Waals surface area contributed by atoms with Gasteiger partial charge >= 0.3 is 0 Å². The number of hydrogen-bond donors (Lipinski definition) is 0. The minimum Gasteiger partial charge on any atom is -0.378 e. The highest BCUT2D eigenvalue weighted by Gasteiger charge is 2.35. The van der Waals surface area contributed by atoms with Crippen LogP contribution < -0.4 is 0 Å². The fourth-order valence-electron chi connectivity index (χ4n) is 3.52. The Hall–Kier alpha value is -0.830. The smallest absolute Gasteiger partial charge is 0.246 e. The lowest BCUT2D eigenvalue weighted by molar-refractivity contribution is -0.130. The third kappa shape index (κ3) is 3.59. The minimum atomic E-state index is 0.150. The average Bonchev–Trinajstić information content (AvgIpc) is 2.38. The number of amides is 1. The first-order valence-corrected chi connectivity index (χ1v) is 7.55. The van der Waals surface area contributed by atoms with Crippen LogP contribution in [0.3, 0.4) is 0 Å². The zero-order valence-electron chi connectivity index (χ0n) is 12.5. The third-order valence-electron chi connectivity index (χ3n) is 4.76. The molecule has 0 aromatic heterocycles. The van der Waals surface area contributed by atoms with Gasteiger partial charge in [0.15, 0.2) is 0 Å². The summed E-state index contributed by atoms with van der Waals surface area (Å²) in [4.78, 5) is 14.0. The average molecular weight is 265 g/mol. The molecule has 0 spiro atoms. The van der Waals surface area contributed by atoms with Gasteiger partial charge in [-0.2, -0.15) is 0 Å². The normalized spacial score (nSPS) is 31.6. The maximum atomic E-state index is 12.1. The van der Waals surface area contributed by atoms with E-state index in [9.17, 15) is 4.79 Å². The van der Waals surface area contributed by atoms with Crippen molar-refractivity contribution in [2.24, 2.45) is 17.3 Å². The molecule has 0 unspecified atom stereocenters. The van der Waals surface area contributed by atoms with E-state index in [2.05, 4.69) is 26.8 Å². The van der Waals surface area contributed by atoms with Crippen molar-refractivity contribution in [1.29, 1.82) is 0 Å². The van der Waals surface area contributed by atoms with Crippen molar-refractivity contribution >= 4 is 5.91 Å². The fraction of sp³-hybridized carbons (Fsp3) is 0.812. The summed E-state index contributed by atoms with van der Waals surface area (Å²) in [7, 11) is 0. The molecule has 2 rings (SSSR count). The predicted octanol–water partition coefficient (Wildman–Crippen LogP) is 2.86. The highest BCUT2D eigenvalue weighted by atomic mass is 16.5. The van der Waals surface area contributed by atoms with Gasteiger partial charge in [0.05, 0.1) is 13.2 Å². The van der Waals surface area contributed by atoms with Crippen molar-refractivity contribution < 1.29 is 9.53 Å². The van der Waals surface area contributed by atoms with Crippen molar-refractivity contribution in [1.82, 2.24) is 4.90 Å². The molecule has 0 aromatic rings. The summed E-state index contributed by atoms with van der Waals surface area (Å²) in [5, 5.41) is 0. The lowest BCUT2D eigenvalue weighted by Crippen LogP contribution is -2.40. The first-order chi connectivity index (χ1) is 9.00. The largest absolute Gasteiger partial charge is 0.378 e. The number of carbonyl (C=O) groups excluding carboxylic acids is 1. The Balaban J connectivity index is 1.97. The molecule has 1 aliphatic heterocycles. The topological polar surface area (TPSA) is 29.5 Å². The van der Waals surface area contributed by atoms with Crippen molar-refractivity contribution in [2.75, 3.05) is 26.3 Å². The van der Waals surface area contributed by atoms with Crippen LogP contribution in [0, 0.1) is 17.3 Å². The summed E-state index contributed by atoms with van der Waals surface area (Å²) >= 11 is 0. The Kier molecular flexibility index (Phi) is 4.67. The molecule has 1 saturated heterocycles. The van der Waals surface area contributed by atoms with Gasteiger partial charge in [-0.05, 0) is 29.7 Å². The SMILES string of the molecule is C[C@@H]1CCCC(C)(C)[C@H]1/C=C/C(=O)N1CCOCC1. The van der Waals surface area contributed by atoms with E-state index in [0.29, 0.717) is 30.5 Å². The minimum absolute atomic E-state index is 0.150. The van der Waals surface area contributed by atoms with Gasteiger partial charge in [0.2, 0.25) is 5.91 Å². The first kappa shape index (κ1) is 14.6. The van der Waals surface area contributed by atoms with Crippen LogP contribution in [0.15, 0.2) is 12.2 Å². The Labute approximate surface area is 117 Å². The van der Waals surface area contributed by atoms with Crippen LogP contribution in [0.4, 0.5) is 0 Å². The summed E-state index contributed by atoms with van der Waals surface area (Å²) in [5.41, 5.74) is 0.319. The molecule has 19 heavy (non-hydrogen) atoms. The van der Waals surface area contributed by atoms with Crippen LogP contribution in [0.25, 0.3) is 0 Å². The maximum Gasteiger partial charge on any atom is 0.246 e. The first-order valence-electron chi connectivity index (χ1n) is 7.55. The van der Waals surface area contributed by atoms with Crippen molar-refractivity contribution in [3.05, 3.63) is 12.2 Å². The quantitative estimate of drug-likeness (QED) is 0.719. The lowest BCUT2D eigenvalue weighted by atomic mass is 9.64. The zero-order chi connectivity index (χ0) is 13.9. The molecule has 1 saturated carbocycles. The van der Waals surface area contributed by atoms with Crippen molar-refractivity contribution in [2.45, 2.75) is 40.0 Å². The van der Waals surface area contributed by atoms with E-state index >= 15 is 0 Å². The highest BCUT2D eigenvalue weighted by molar-refractivity contribution is 5.87. The second-order valence-electron chi connectivity index (χ2n) is 6.68. The molecule has 0 radical (unpaired) electrons. The van der Waals surface area contributed by atoms with E-state index < -0.39 is 0 Å². The van der Waals surface area contributed by atoms with E-state index in [1.807, 2.05) is 4.90 Å². The van der Waals surface area contributed by atoms with Crippen LogP contribution in [0.2, 0.25) is 0 Å². The molecule has 2 fully saturated rings. The van der Waals surface area contributed by atoms with E-state index in [0.717, 1.165) is 13.1 Å². The van der Waals surface area contributed by atoms with Crippen molar-refractivity contribution in [3.63, 3.8) is 0 Å². The number of morpholine rings is 1. The summed E-state index contributed by atoms with van der Waals surface area (Å²) in [6, 6.07) is 0. The van der Waals surface area contributed by atoms with Crippen LogP contribution in [-0.2, 0) is 9.53 Å². The van der Waals surface area contributed by atoms with Gasteiger partial charge < -0.3 is 9.64 Å². The summed E-state index contributed by atoms with van der Waals surface area (Å²) in [6.45, 7) is 9.78. The number of hydrogen-bond acceptors (Lipinski definition) is 2.